The van der Waals surface area contributed by atoms with Crippen molar-refractivity contribution >= 4 is 21.2 Å². The maximum atomic E-state index is 13.2. The quantitative estimate of drug-likeness (QED) is 0.874. The van der Waals surface area contributed by atoms with Crippen molar-refractivity contribution in [1.29, 1.82) is 0 Å². The summed E-state index contributed by atoms with van der Waals surface area (Å²) in [5.41, 5.74) is 1.24. The molecule has 0 aliphatic carbocycles. The zero-order chi connectivity index (χ0) is 14.3. The summed E-state index contributed by atoms with van der Waals surface area (Å²) in [7, 11) is -3.26. The van der Waals surface area contributed by atoms with Gasteiger partial charge in [0.05, 0.1) is 5.69 Å². The Morgan fingerprint density at radius 3 is 2.58 bits per heavy atom. The topological polar surface area (TPSA) is 47.0 Å². The molecule has 0 aliphatic rings. The molecule has 0 atom stereocenters. The van der Waals surface area contributed by atoms with Crippen molar-refractivity contribution in [1.82, 2.24) is 4.98 Å². The summed E-state index contributed by atoms with van der Waals surface area (Å²) in [5.74, 6) is -0.338. The summed E-state index contributed by atoms with van der Waals surface area (Å²) in [6.07, 6.45) is 1.19. The minimum absolute atomic E-state index is 0.338. The Kier molecular flexibility index (Phi) is 3.49. The molecule has 6 heteroatoms. The predicted molar refractivity (Wildman–Crippen MR) is 75.4 cm³/mol. The van der Waals surface area contributed by atoms with Crippen LogP contribution in [0.5, 0.6) is 0 Å². The first-order chi connectivity index (χ1) is 8.72. The first-order valence-corrected chi connectivity index (χ1v) is 8.40. The van der Waals surface area contributed by atoms with E-state index in [9.17, 15) is 12.8 Å². The van der Waals surface area contributed by atoms with E-state index in [1.807, 2.05) is 0 Å². The van der Waals surface area contributed by atoms with Crippen molar-refractivity contribution < 1.29 is 12.8 Å². The van der Waals surface area contributed by atoms with Crippen LogP contribution in [0.2, 0.25) is 0 Å². The normalized spacial score (nSPS) is 12.6. The molecule has 1 aromatic carbocycles. The highest BCUT2D eigenvalue weighted by atomic mass is 32.2. The Bertz CT molecular complexity index is 705. The van der Waals surface area contributed by atoms with E-state index in [2.05, 4.69) is 4.98 Å². The number of hydrogen-bond acceptors (Lipinski definition) is 4. The average molecular weight is 299 g/mol. The van der Waals surface area contributed by atoms with Crippen LogP contribution in [0.1, 0.15) is 18.9 Å². The van der Waals surface area contributed by atoms with Crippen molar-refractivity contribution in [3.05, 3.63) is 40.5 Å². The van der Waals surface area contributed by atoms with Crippen LogP contribution < -0.4 is 0 Å². The van der Waals surface area contributed by atoms with Gasteiger partial charge in [-0.25, -0.2) is 17.8 Å². The summed E-state index contributed by atoms with van der Waals surface area (Å²) >= 11 is 1.27. The molecule has 102 valence electrons. The van der Waals surface area contributed by atoms with Crippen LogP contribution in [0, 0.1) is 5.82 Å². The number of rotatable bonds is 3. The van der Waals surface area contributed by atoms with Crippen molar-refractivity contribution in [2.24, 2.45) is 0 Å². The number of thiazole rings is 1. The highest BCUT2D eigenvalue weighted by Gasteiger charge is 2.35. The Morgan fingerprint density at radius 2 is 2.00 bits per heavy atom. The molecule has 0 amide bonds. The lowest BCUT2D eigenvalue weighted by molar-refractivity contribution is 0.560. The molecule has 0 spiro atoms. The van der Waals surface area contributed by atoms with Crippen LogP contribution in [0.15, 0.2) is 29.6 Å². The molecule has 2 aromatic rings. The van der Waals surface area contributed by atoms with Gasteiger partial charge >= 0.3 is 0 Å². The van der Waals surface area contributed by atoms with Crippen LogP contribution in [0.25, 0.3) is 11.3 Å². The highest BCUT2D eigenvalue weighted by Crippen LogP contribution is 2.33. The molecule has 3 nitrogen and oxygen atoms in total. The molecule has 0 N–H and O–H groups in total. The SMILES string of the molecule is CC(C)(c1nc(-c2cccc(F)c2)cs1)S(C)(=O)=O. The molecular weight excluding hydrogens is 285 g/mol. The third-order valence-electron chi connectivity index (χ3n) is 3.07. The van der Waals surface area contributed by atoms with E-state index in [1.54, 1.807) is 31.4 Å². The van der Waals surface area contributed by atoms with Crippen molar-refractivity contribution in [2.75, 3.05) is 6.26 Å². The van der Waals surface area contributed by atoms with Gasteiger partial charge in [0.25, 0.3) is 0 Å². The first kappa shape index (κ1) is 14.1. The van der Waals surface area contributed by atoms with Crippen LogP contribution in [-0.4, -0.2) is 19.7 Å². The van der Waals surface area contributed by atoms with E-state index in [0.717, 1.165) is 0 Å². The lowest BCUT2D eigenvalue weighted by atomic mass is 10.1. The number of aromatic nitrogens is 1. The van der Waals surface area contributed by atoms with Gasteiger partial charge in [-0.1, -0.05) is 12.1 Å². The van der Waals surface area contributed by atoms with Crippen molar-refractivity contribution in [3.63, 3.8) is 0 Å². The van der Waals surface area contributed by atoms with Crippen LogP contribution >= 0.6 is 11.3 Å². The standard InChI is InChI=1S/C13H14FNO2S2/c1-13(2,19(3,16)17)12-15-11(8-18-12)9-5-4-6-10(14)7-9/h4-8H,1-3H3. The number of hydrogen-bond donors (Lipinski definition) is 0. The number of halogens is 1. The van der Waals surface area contributed by atoms with E-state index in [-0.39, 0.29) is 5.82 Å². The molecule has 0 saturated heterocycles. The van der Waals surface area contributed by atoms with Gasteiger partial charge in [0.2, 0.25) is 0 Å². The van der Waals surface area contributed by atoms with Gasteiger partial charge in [0, 0.05) is 17.2 Å². The van der Waals surface area contributed by atoms with Crippen LogP contribution in [0.4, 0.5) is 4.39 Å². The van der Waals surface area contributed by atoms with E-state index in [1.165, 1.54) is 29.7 Å². The van der Waals surface area contributed by atoms with Gasteiger partial charge in [0.1, 0.15) is 15.6 Å². The minimum atomic E-state index is -3.26. The van der Waals surface area contributed by atoms with Crippen molar-refractivity contribution in [2.45, 2.75) is 18.6 Å². The smallest absolute Gasteiger partial charge is 0.159 e. The average Bonchev–Trinajstić information content (AvgIpc) is 2.77. The summed E-state index contributed by atoms with van der Waals surface area (Å²) in [5, 5.41) is 2.26. The molecule has 0 unspecified atom stereocenters. The maximum absolute atomic E-state index is 13.2. The Hall–Kier alpha value is -1.27. The monoisotopic (exact) mass is 299 g/mol. The third kappa shape index (κ3) is 2.69. The number of sulfone groups is 1. The number of nitrogens with zero attached hydrogens (tertiary/aromatic N) is 1. The summed E-state index contributed by atoms with van der Waals surface area (Å²) in [4.78, 5) is 4.33. The largest absolute Gasteiger partial charge is 0.240 e. The zero-order valence-corrected chi connectivity index (χ0v) is 12.5. The van der Waals surface area contributed by atoms with Gasteiger partial charge < -0.3 is 0 Å². The second-order valence-electron chi connectivity index (χ2n) is 4.83. The second-order valence-corrected chi connectivity index (χ2v) is 8.25. The Balaban J connectivity index is 2.46. The molecule has 0 saturated carbocycles. The fourth-order valence-electron chi connectivity index (χ4n) is 1.49. The lowest BCUT2D eigenvalue weighted by Crippen LogP contribution is -2.27. The van der Waals surface area contributed by atoms with Crippen molar-refractivity contribution in [3.8, 4) is 11.3 Å². The maximum Gasteiger partial charge on any atom is 0.159 e. The molecule has 19 heavy (non-hydrogen) atoms. The van der Waals surface area contributed by atoms with E-state index < -0.39 is 14.6 Å². The summed E-state index contributed by atoms with van der Waals surface area (Å²) < 4.78 is 35.6. The van der Waals surface area contributed by atoms with Gasteiger partial charge in [0.15, 0.2) is 9.84 Å². The molecule has 1 aromatic heterocycles. The highest BCUT2D eigenvalue weighted by molar-refractivity contribution is 7.91. The summed E-state index contributed by atoms with van der Waals surface area (Å²) in [6.45, 7) is 3.24. The summed E-state index contributed by atoms with van der Waals surface area (Å²) in [6, 6.07) is 6.09. The Morgan fingerprint density at radius 1 is 1.32 bits per heavy atom. The Labute approximate surface area is 116 Å². The lowest BCUT2D eigenvalue weighted by Gasteiger charge is -2.19. The second kappa shape index (κ2) is 4.68. The van der Waals surface area contributed by atoms with E-state index >= 15 is 0 Å². The minimum Gasteiger partial charge on any atom is -0.240 e. The van der Waals surface area contributed by atoms with E-state index in [4.69, 9.17) is 0 Å². The van der Waals surface area contributed by atoms with Crippen LogP contribution in [-0.2, 0) is 14.6 Å². The predicted octanol–water partition coefficient (Wildman–Crippen LogP) is 3.23. The number of benzene rings is 1. The van der Waals surface area contributed by atoms with Gasteiger partial charge in [-0.2, -0.15) is 0 Å². The van der Waals surface area contributed by atoms with Gasteiger partial charge in [-0.05, 0) is 26.0 Å². The van der Waals surface area contributed by atoms with E-state index in [0.29, 0.717) is 16.3 Å². The molecule has 0 fully saturated rings. The molecule has 0 bridgehead atoms. The first-order valence-electron chi connectivity index (χ1n) is 5.63. The molecular formula is C13H14FNO2S2. The van der Waals surface area contributed by atoms with Crippen LogP contribution in [0.3, 0.4) is 0 Å². The van der Waals surface area contributed by atoms with Gasteiger partial charge in [-0.15, -0.1) is 11.3 Å². The molecule has 2 rings (SSSR count). The molecule has 1 heterocycles. The zero-order valence-electron chi connectivity index (χ0n) is 10.8. The molecule has 0 aliphatic heterocycles. The fraction of sp³-hybridized carbons (Fsp3) is 0.308. The molecule has 0 radical (unpaired) electrons. The third-order valence-corrected chi connectivity index (χ3v) is 6.41. The van der Waals surface area contributed by atoms with Gasteiger partial charge in [-0.3, -0.25) is 0 Å². The fourth-order valence-corrected chi connectivity index (χ4v) is 3.30.